The molecule has 28 heavy (non-hydrogen) atoms. The molecule has 9 heteroatoms. The summed E-state index contributed by atoms with van der Waals surface area (Å²) in [5.41, 5.74) is 0. The van der Waals surface area contributed by atoms with Crippen molar-refractivity contribution in [1.29, 1.82) is 0 Å². The average molecular weight is 506 g/mol. The first-order valence-corrected chi connectivity index (χ1v) is 10.2. The second-order valence-corrected chi connectivity index (χ2v) is 7.39. The first kappa shape index (κ1) is 23.3. The minimum atomic E-state index is 0. The molecule has 1 aromatic rings. The number of rotatable bonds is 8. The van der Waals surface area contributed by atoms with Crippen LogP contribution in [0.25, 0.3) is 0 Å². The Hall–Kier alpha value is -0.940. The Labute approximate surface area is 185 Å². The fourth-order valence-electron chi connectivity index (χ4n) is 3.90. The number of nitrogens with one attached hydrogen (secondary N) is 1. The van der Waals surface area contributed by atoms with Gasteiger partial charge in [0.1, 0.15) is 11.6 Å². The Morgan fingerprint density at radius 2 is 2.11 bits per heavy atom. The van der Waals surface area contributed by atoms with Gasteiger partial charge in [0.05, 0.1) is 19.8 Å². The molecule has 1 unspecified atom stereocenters. The third kappa shape index (κ3) is 6.55. The summed E-state index contributed by atoms with van der Waals surface area (Å²) in [7, 11) is 3.56. The lowest BCUT2D eigenvalue weighted by molar-refractivity contribution is 0.0536. The Morgan fingerprint density at radius 3 is 2.93 bits per heavy atom. The Kier molecular flexibility index (Phi) is 10.5. The monoisotopic (exact) mass is 506 g/mol. The van der Waals surface area contributed by atoms with E-state index in [0.29, 0.717) is 19.1 Å². The van der Waals surface area contributed by atoms with Crippen molar-refractivity contribution < 1.29 is 9.47 Å². The molecule has 0 aromatic carbocycles. The van der Waals surface area contributed by atoms with E-state index in [-0.39, 0.29) is 24.0 Å². The second kappa shape index (κ2) is 12.6. The maximum atomic E-state index is 5.68. The van der Waals surface area contributed by atoms with Crippen LogP contribution in [0.4, 0.5) is 0 Å². The van der Waals surface area contributed by atoms with Gasteiger partial charge in [-0.25, -0.2) is 0 Å². The molecule has 1 aromatic heterocycles. The number of ether oxygens (including phenoxy) is 2. The normalized spacial score (nSPS) is 19.9. The average Bonchev–Trinajstić information content (AvgIpc) is 3.23. The molecule has 0 spiro atoms. The topological polar surface area (TPSA) is 76.8 Å². The molecule has 2 aliphatic heterocycles. The molecule has 0 radical (unpaired) electrons. The molecular weight excluding hydrogens is 471 g/mol. The van der Waals surface area contributed by atoms with Crippen LogP contribution in [-0.4, -0.2) is 79.2 Å². The number of fused-ring (bicyclic) bond motifs is 1. The summed E-state index contributed by atoms with van der Waals surface area (Å²) in [6.07, 6.45) is 6.83. The van der Waals surface area contributed by atoms with Crippen molar-refractivity contribution in [1.82, 2.24) is 25.0 Å². The second-order valence-electron chi connectivity index (χ2n) is 7.39. The van der Waals surface area contributed by atoms with Gasteiger partial charge in [-0.05, 0) is 19.3 Å². The lowest BCUT2D eigenvalue weighted by Crippen LogP contribution is -2.41. The van der Waals surface area contributed by atoms with Crippen molar-refractivity contribution in [2.45, 2.75) is 45.1 Å². The quantitative estimate of drug-likeness (QED) is 0.251. The van der Waals surface area contributed by atoms with E-state index in [1.807, 2.05) is 7.05 Å². The van der Waals surface area contributed by atoms with Crippen molar-refractivity contribution in [2.24, 2.45) is 10.9 Å². The van der Waals surface area contributed by atoms with Gasteiger partial charge in [-0.3, -0.25) is 4.99 Å². The Morgan fingerprint density at radius 1 is 1.21 bits per heavy atom. The molecule has 0 aliphatic carbocycles. The van der Waals surface area contributed by atoms with Crippen LogP contribution in [0, 0.1) is 5.92 Å². The SMILES string of the molecule is CN=C(NCCc1nnc2n1CCCCC2)N1CCC(COCCOC)C1.I. The number of hydrogen-bond donors (Lipinski definition) is 1. The van der Waals surface area contributed by atoms with E-state index >= 15 is 0 Å². The molecule has 160 valence electrons. The van der Waals surface area contributed by atoms with E-state index < -0.39 is 0 Å². The molecular formula is C19H35IN6O2. The molecule has 3 rings (SSSR count). The summed E-state index contributed by atoms with van der Waals surface area (Å²) in [6.45, 7) is 6.03. The third-order valence-corrected chi connectivity index (χ3v) is 5.40. The summed E-state index contributed by atoms with van der Waals surface area (Å²) in [6, 6.07) is 0. The summed E-state index contributed by atoms with van der Waals surface area (Å²) < 4.78 is 13.0. The highest BCUT2D eigenvalue weighted by Gasteiger charge is 2.25. The van der Waals surface area contributed by atoms with Crippen molar-refractivity contribution in [3.8, 4) is 0 Å². The van der Waals surface area contributed by atoms with Crippen LogP contribution in [0.1, 0.15) is 37.3 Å². The van der Waals surface area contributed by atoms with Crippen molar-refractivity contribution in [3.63, 3.8) is 0 Å². The number of nitrogens with zero attached hydrogens (tertiary/aromatic N) is 5. The van der Waals surface area contributed by atoms with Crippen molar-refractivity contribution in [3.05, 3.63) is 11.6 Å². The smallest absolute Gasteiger partial charge is 0.193 e. The van der Waals surface area contributed by atoms with E-state index in [0.717, 1.165) is 69.7 Å². The van der Waals surface area contributed by atoms with E-state index in [9.17, 15) is 0 Å². The number of hydrogen-bond acceptors (Lipinski definition) is 5. The predicted octanol–water partition coefficient (Wildman–Crippen LogP) is 1.73. The van der Waals surface area contributed by atoms with Crippen molar-refractivity contribution in [2.75, 3.05) is 53.6 Å². The number of halogens is 1. The molecule has 1 saturated heterocycles. The third-order valence-electron chi connectivity index (χ3n) is 5.40. The maximum absolute atomic E-state index is 5.68. The number of aliphatic imine (C=N–C) groups is 1. The standard InChI is InChI=1S/C19H34N6O2.HI/c1-20-19(24-11-8-16(14-24)15-27-13-12-26-2)21-9-7-18-23-22-17-6-4-3-5-10-25(17)18;/h16H,3-15H2,1-2H3,(H,20,21);1H. The maximum Gasteiger partial charge on any atom is 0.193 e. The van der Waals surface area contributed by atoms with Gasteiger partial charge in [0, 0.05) is 59.1 Å². The van der Waals surface area contributed by atoms with Gasteiger partial charge in [0.15, 0.2) is 5.96 Å². The van der Waals surface area contributed by atoms with Crippen LogP contribution in [0.15, 0.2) is 4.99 Å². The van der Waals surface area contributed by atoms with Gasteiger partial charge in [0.2, 0.25) is 0 Å². The zero-order valence-electron chi connectivity index (χ0n) is 17.2. The highest BCUT2D eigenvalue weighted by atomic mass is 127. The molecule has 1 fully saturated rings. The van der Waals surface area contributed by atoms with Gasteiger partial charge in [-0.15, -0.1) is 34.2 Å². The predicted molar refractivity (Wildman–Crippen MR) is 120 cm³/mol. The zero-order chi connectivity index (χ0) is 18.9. The molecule has 2 aliphatic rings. The summed E-state index contributed by atoms with van der Waals surface area (Å²) >= 11 is 0. The largest absolute Gasteiger partial charge is 0.382 e. The lowest BCUT2D eigenvalue weighted by Gasteiger charge is -2.21. The van der Waals surface area contributed by atoms with Crippen LogP contribution in [0.2, 0.25) is 0 Å². The minimum Gasteiger partial charge on any atom is -0.382 e. The molecule has 1 atom stereocenters. The van der Waals surface area contributed by atoms with E-state index in [1.54, 1.807) is 7.11 Å². The zero-order valence-corrected chi connectivity index (χ0v) is 19.6. The summed E-state index contributed by atoms with van der Waals surface area (Å²) in [5, 5.41) is 12.3. The van der Waals surface area contributed by atoms with E-state index in [2.05, 4.69) is 30.0 Å². The molecule has 3 heterocycles. The Bertz CT molecular complexity index is 609. The van der Waals surface area contributed by atoms with Crippen LogP contribution >= 0.6 is 24.0 Å². The van der Waals surface area contributed by atoms with Gasteiger partial charge in [0.25, 0.3) is 0 Å². The lowest BCUT2D eigenvalue weighted by atomic mass is 10.1. The van der Waals surface area contributed by atoms with Gasteiger partial charge >= 0.3 is 0 Å². The first-order valence-electron chi connectivity index (χ1n) is 10.2. The van der Waals surface area contributed by atoms with Crippen LogP contribution in [0.3, 0.4) is 0 Å². The molecule has 0 bridgehead atoms. The van der Waals surface area contributed by atoms with Crippen molar-refractivity contribution >= 4 is 29.9 Å². The fourth-order valence-corrected chi connectivity index (χ4v) is 3.90. The highest BCUT2D eigenvalue weighted by molar-refractivity contribution is 14.0. The van der Waals surface area contributed by atoms with Crippen LogP contribution in [-0.2, 0) is 28.9 Å². The molecule has 0 saturated carbocycles. The van der Waals surface area contributed by atoms with Gasteiger partial charge < -0.3 is 24.3 Å². The number of guanidine groups is 1. The molecule has 1 N–H and O–H groups in total. The van der Waals surface area contributed by atoms with Crippen LogP contribution < -0.4 is 5.32 Å². The molecule has 8 nitrogen and oxygen atoms in total. The summed E-state index contributed by atoms with van der Waals surface area (Å²) in [4.78, 5) is 6.79. The summed E-state index contributed by atoms with van der Waals surface area (Å²) in [5.74, 6) is 3.79. The number of aryl methyl sites for hydroxylation is 1. The number of methoxy groups -OCH3 is 1. The molecule has 0 amide bonds. The number of likely N-dealkylation sites (tertiary alicyclic amines) is 1. The van der Waals surface area contributed by atoms with E-state index in [1.165, 1.54) is 19.3 Å². The van der Waals surface area contributed by atoms with Gasteiger partial charge in [-0.1, -0.05) is 6.42 Å². The van der Waals surface area contributed by atoms with Gasteiger partial charge in [-0.2, -0.15) is 0 Å². The highest BCUT2D eigenvalue weighted by Crippen LogP contribution is 2.17. The Balaban J connectivity index is 0.00000280. The van der Waals surface area contributed by atoms with E-state index in [4.69, 9.17) is 9.47 Å². The number of aromatic nitrogens is 3. The van der Waals surface area contributed by atoms with Crippen LogP contribution in [0.5, 0.6) is 0 Å². The fraction of sp³-hybridized carbons (Fsp3) is 0.842. The minimum absolute atomic E-state index is 0. The first-order chi connectivity index (χ1) is 13.3.